The number of hydrogen-bond acceptors (Lipinski definition) is 1. The summed E-state index contributed by atoms with van der Waals surface area (Å²) in [6, 6.07) is 21.6. The lowest BCUT2D eigenvalue weighted by Crippen LogP contribution is -2.30. The van der Waals surface area contributed by atoms with Gasteiger partial charge in [0.15, 0.2) is 6.20 Å². The Kier molecular flexibility index (Phi) is 3.17. The summed E-state index contributed by atoms with van der Waals surface area (Å²) in [5, 5.41) is 4.82. The molecule has 0 saturated carbocycles. The lowest BCUT2D eigenvalue weighted by Gasteiger charge is -2.05. The van der Waals surface area contributed by atoms with Crippen LogP contribution in [0, 0.1) is 13.8 Å². The molecule has 0 aliphatic rings. The molecule has 2 aromatic heterocycles. The van der Waals surface area contributed by atoms with Crippen LogP contribution in [0.1, 0.15) is 11.1 Å². The average molecular weight is 338 g/mol. The molecule has 0 unspecified atom stereocenters. The summed E-state index contributed by atoms with van der Waals surface area (Å²) < 4.78 is 8.48. The van der Waals surface area contributed by atoms with E-state index < -0.39 is 0 Å². The molecule has 0 aliphatic heterocycles. The summed E-state index contributed by atoms with van der Waals surface area (Å²) >= 11 is 0. The Morgan fingerprint density at radius 1 is 0.808 bits per heavy atom. The number of aromatic nitrogens is 1. The molecule has 0 bridgehead atoms. The smallest absolute Gasteiger partial charge is 0.212 e. The van der Waals surface area contributed by atoms with Crippen molar-refractivity contribution in [3.05, 3.63) is 78.0 Å². The highest BCUT2D eigenvalue weighted by Gasteiger charge is 2.18. The zero-order valence-corrected chi connectivity index (χ0v) is 15.2. The van der Waals surface area contributed by atoms with Gasteiger partial charge < -0.3 is 4.42 Å². The van der Waals surface area contributed by atoms with E-state index in [1.807, 2.05) is 0 Å². The van der Waals surface area contributed by atoms with Crippen LogP contribution in [0.25, 0.3) is 44.0 Å². The largest absolute Gasteiger partial charge is 0.456 e. The fourth-order valence-corrected chi connectivity index (χ4v) is 3.88. The van der Waals surface area contributed by atoms with Crippen LogP contribution in [0.15, 0.2) is 71.3 Å². The molecule has 0 amide bonds. The predicted molar refractivity (Wildman–Crippen MR) is 107 cm³/mol. The average Bonchev–Trinajstić information content (AvgIpc) is 3.01. The number of nitrogens with zero attached hydrogens (tertiary/aromatic N) is 1. The van der Waals surface area contributed by atoms with Crippen molar-refractivity contribution in [3.8, 4) is 11.3 Å². The molecule has 5 aromatic rings. The van der Waals surface area contributed by atoms with Crippen LogP contribution in [-0.2, 0) is 7.05 Å². The number of furan rings is 1. The van der Waals surface area contributed by atoms with E-state index in [0.717, 1.165) is 11.2 Å². The Hall–Kier alpha value is -3.13. The van der Waals surface area contributed by atoms with Crippen molar-refractivity contribution in [1.29, 1.82) is 0 Å². The van der Waals surface area contributed by atoms with Crippen molar-refractivity contribution in [2.75, 3.05) is 0 Å². The van der Waals surface area contributed by atoms with Gasteiger partial charge in [-0.05, 0) is 54.4 Å². The molecule has 0 radical (unpaired) electrons. The minimum Gasteiger partial charge on any atom is -0.456 e. The fraction of sp³-hybridized carbons (Fsp3) is 0.125. The maximum Gasteiger partial charge on any atom is 0.212 e. The lowest BCUT2D eigenvalue weighted by molar-refractivity contribution is -0.660. The molecular weight excluding hydrogens is 318 g/mol. The minimum absolute atomic E-state index is 0.951. The normalized spacial score (nSPS) is 11.7. The van der Waals surface area contributed by atoms with Gasteiger partial charge in [-0.3, -0.25) is 0 Å². The zero-order valence-electron chi connectivity index (χ0n) is 15.2. The van der Waals surface area contributed by atoms with E-state index in [4.69, 9.17) is 4.42 Å². The van der Waals surface area contributed by atoms with Gasteiger partial charge in [-0.1, -0.05) is 24.3 Å². The molecule has 2 heteroatoms. The van der Waals surface area contributed by atoms with Crippen molar-refractivity contribution in [3.63, 3.8) is 0 Å². The van der Waals surface area contributed by atoms with Gasteiger partial charge in [0.25, 0.3) is 0 Å². The van der Waals surface area contributed by atoms with Crippen LogP contribution in [0.4, 0.5) is 0 Å². The summed E-state index contributed by atoms with van der Waals surface area (Å²) in [6.07, 6.45) is 2.11. The molecule has 0 aliphatic carbocycles. The topological polar surface area (TPSA) is 17.0 Å². The zero-order chi connectivity index (χ0) is 17.8. The van der Waals surface area contributed by atoms with Crippen LogP contribution >= 0.6 is 0 Å². The van der Waals surface area contributed by atoms with E-state index in [0.29, 0.717) is 0 Å². The van der Waals surface area contributed by atoms with E-state index in [1.165, 1.54) is 43.9 Å². The quantitative estimate of drug-likeness (QED) is 0.351. The predicted octanol–water partition coefficient (Wildman–Crippen LogP) is 5.85. The first-order valence-electron chi connectivity index (χ1n) is 8.93. The van der Waals surface area contributed by atoms with Crippen LogP contribution in [-0.4, -0.2) is 0 Å². The second kappa shape index (κ2) is 5.43. The molecule has 3 aromatic carbocycles. The number of benzene rings is 3. The number of hydrogen-bond donors (Lipinski definition) is 0. The molecule has 126 valence electrons. The summed E-state index contributed by atoms with van der Waals surface area (Å²) in [4.78, 5) is 0. The van der Waals surface area contributed by atoms with Crippen LogP contribution in [0.5, 0.6) is 0 Å². The van der Waals surface area contributed by atoms with Gasteiger partial charge >= 0.3 is 0 Å². The summed E-state index contributed by atoms with van der Waals surface area (Å²) in [7, 11) is 2.09. The van der Waals surface area contributed by atoms with Crippen molar-refractivity contribution in [1.82, 2.24) is 0 Å². The van der Waals surface area contributed by atoms with Gasteiger partial charge in [0.05, 0.1) is 5.56 Å². The monoisotopic (exact) mass is 338 g/mol. The Bertz CT molecular complexity index is 1310. The van der Waals surface area contributed by atoms with E-state index >= 15 is 0 Å². The number of pyridine rings is 1. The molecular formula is C24H20NO+. The molecule has 5 rings (SSSR count). The third-order valence-electron chi connectivity index (χ3n) is 5.34. The van der Waals surface area contributed by atoms with Crippen LogP contribution < -0.4 is 4.57 Å². The standard InChI is InChI=1S/C24H20NO/c1-15-10-11-25(3)22(12-15)19-8-9-20-21-13-17-6-4-5-7-18(17)14-23(21)26-24(20)16(19)2/h4-14H,1-3H3/q+1. The molecule has 0 N–H and O–H groups in total. The number of fused-ring (bicyclic) bond motifs is 4. The Morgan fingerprint density at radius 2 is 1.58 bits per heavy atom. The first kappa shape index (κ1) is 15.2. The van der Waals surface area contributed by atoms with Crippen LogP contribution in [0.3, 0.4) is 0 Å². The van der Waals surface area contributed by atoms with E-state index in [1.54, 1.807) is 0 Å². The summed E-state index contributed by atoms with van der Waals surface area (Å²) in [5.74, 6) is 0. The first-order valence-corrected chi connectivity index (χ1v) is 8.93. The second-order valence-corrected chi connectivity index (χ2v) is 7.11. The highest BCUT2D eigenvalue weighted by Crippen LogP contribution is 2.36. The maximum atomic E-state index is 6.31. The van der Waals surface area contributed by atoms with Crippen molar-refractivity contribution < 1.29 is 8.98 Å². The lowest BCUT2D eigenvalue weighted by atomic mass is 9.99. The van der Waals surface area contributed by atoms with Gasteiger partial charge in [0.1, 0.15) is 18.2 Å². The highest BCUT2D eigenvalue weighted by molar-refractivity contribution is 6.11. The second-order valence-electron chi connectivity index (χ2n) is 7.11. The van der Waals surface area contributed by atoms with Crippen molar-refractivity contribution in [2.24, 2.45) is 7.05 Å². The fourth-order valence-electron chi connectivity index (χ4n) is 3.88. The summed E-state index contributed by atoms with van der Waals surface area (Å²) in [5.41, 5.74) is 6.79. The van der Waals surface area contributed by atoms with Crippen molar-refractivity contribution >= 4 is 32.7 Å². The molecule has 0 fully saturated rings. The third kappa shape index (κ3) is 2.15. The molecule has 0 spiro atoms. The molecule has 2 nitrogen and oxygen atoms in total. The van der Waals surface area contributed by atoms with E-state index in [9.17, 15) is 0 Å². The molecule has 26 heavy (non-hydrogen) atoms. The Morgan fingerprint density at radius 3 is 2.38 bits per heavy atom. The van der Waals surface area contributed by atoms with Gasteiger partial charge in [0.2, 0.25) is 5.69 Å². The van der Waals surface area contributed by atoms with Gasteiger partial charge in [0, 0.05) is 28.5 Å². The highest BCUT2D eigenvalue weighted by atomic mass is 16.3. The van der Waals surface area contributed by atoms with E-state index in [-0.39, 0.29) is 0 Å². The minimum atomic E-state index is 0.951. The van der Waals surface area contributed by atoms with Gasteiger partial charge in [-0.15, -0.1) is 0 Å². The molecule has 2 heterocycles. The van der Waals surface area contributed by atoms with E-state index in [2.05, 4.69) is 92.3 Å². The first-order chi connectivity index (χ1) is 12.6. The van der Waals surface area contributed by atoms with Gasteiger partial charge in [-0.2, -0.15) is 0 Å². The Labute approximate surface area is 152 Å². The molecule has 0 atom stereocenters. The van der Waals surface area contributed by atoms with Gasteiger partial charge in [-0.25, -0.2) is 4.57 Å². The van der Waals surface area contributed by atoms with Crippen molar-refractivity contribution in [2.45, 2.75) is 13.8 Å². The molecule has 0 saturated heterocycles. The number of aryl methyl sites for hydroxylation is 3. The number of rotatable bonds is 1. The Balaban J connectivity index is 1.84. The summed E-state index contributed by atoms with van der Waals surface area (Å²) in [6.45, 7) is 4.28. The van der Waals surface area contributed by atoms with Crippen LogP contribution in [0.2, 0.25) is 0 Å². The SMILES string of the molecule is Cc1cc[n+](C)c(-c2ccc3c(oc4cc5ccccc5cc43)c2C)c1. The maximum absolute atomic E-state index is 6.31. The third-order valence-corrected chi connectivity index (χ3v) is 5.34.